The summed E-state index contributed by atoms with van der Waals surface area (Å²) in [6.07, 6.45) is -3.51. The van der Waals surface area contributed by atoms with Gasteiger partial charge in [0, 0.05) is 12.0 Å². The lowest BCUT2D eigenvalue weighted by Crippen LogP contribution is -2.17. The van der Waals surface area contributed by atoms with E-state index in [9.17, 15) is 23.3 Å². The van der Waals surface area contributed by atoms with E-state index in [2.05, 4.69) is 11.3 Å². The highest BCUT2D eigenvalue weighted by Gasteiger charge is 2.32. The maximum atomic E-state index is 12.1. The standard InChI is InChI=1S/C11H9F3NO3/c1-3-7(2)8-4-9(15(16)17)6-10(5-8)18-11(12,13)14/h3-6H,1H2,2H3. The smallest absolute Gasteiger partial charge is 0.406 e. The number of hydrogen-bond acceptors (Lipinski definition) is 3. The van der Waals surface area contributed by atoms with Crippen LogP contribution in [0.25, 0.3) is 0 Å². The fourth-order valence-corrected chi connectivity index (χ4v) is 1.23. The van der Waals surface area contributed by atoms with Crippen molar-refractivity contribution in [2.75, 3.05) is 0 Å². The molecule has 4 nitrogen and oxygen atoms in total. The summed E-state index contributed by atoms with van der Waals surface area (Å²) in [5, 5.41) is 10.6. The van der Waals surface area contributed by atoms with Crippen LogP contribution < -0.4 is 4.74 Å². The number of halogens is 3. The monoisotopic (exact) mass is 260 g/mol. The molecule has 18 heavy (non-hydrogen) atoms. The molecule has 1 aromatic carbocycles. The van der Waals surface area contributed by atoms with E-state index in [4.69, 9.17) is 0 Å². The highest BCUT2D eigenvalue weighted by Crippen LogP contribution is 2.30. The second kappa shape index (κ2) is 5.07. The van der Waals surface area contributed by atoms with Gasteiger partial charge in [0.05, 0.1) is 11.0 Å². The van der Waals surface area contributed by atoms with Crippen molar-refractivity contribution in [3.05, 3.63) is 52.4 Å². The number of non-ortho nitro benzene ring substituents is 1. The number of ether oxygens (including phenoxy) is 1. The quantitative estimate of drug-likeness (QED) is 0.613. The molecule has 0 heterocycles. The Morgan fingerprint density at radius 1 is 1.44 bits per heavy atom. The fraction of sp³-hybridized carbons (Fsp3) is 0.182. The molecule has 0 spiro atoms. The summed E-state index contributed by atoms with van der Waals surface area (Å²) in [6.45, 7) is 5.02. The van der Waals surface area contributed by atoms with Gasteiger partial charge in [0.1, 0.15) is 5.75 Å². The number of alkyl halides is 3. The summed E-state index contributed by atoms with van der Waals surface area (Å²) in [5.74, 6) is -0.126. The van der Waals surface area contributed by atoms with Crippen LogP contribution in [0, 0.1) is 16.0 Å². The zero-order chi connectivity index (χ0) is 13.9. The third-order valence-corrected chi connectivity index (χ3v) is 2.10. The molecular weight excluding hydrogens is 251 g/mol. The van der Waals surface area contributed by atoms with Gasteiger partial charge < -0.3 is 4.74 Å². The zero-order valence-corrected chi connectivity index (χ0v) is 9.32. The van der Waals surface area contributed by atoms with E-state index in [1.165, 1.54) is 6.08 Å². The van der Waals surface area contributed by atoms with Crippen LogP contribution in [0.2, 0.25) is 0 Å². The third-order valence-electron chi connectivity index (χ3n) is 2.10. The lowest BCUT2D eigenvalue weighted by atomic mass is 10.0. The molecule has 1 aromatic rings. The Labute approximate surface area is 101 Å². The largest absolute Gasteiger partial charge is 0.573 e. The van der Waals surface area contributed by atoms with Gasteiger partial charge in [-0.3, -0.25) is 10.1 Å². The molecule has 0 unspecified atom stereocenters. The van der Waals surface area contributed by atoms with Crippen molar-refractivity contribution < 1.29 is 22.8 Å². The Hall–Kier alpha value is -2.05. The number of benzene rings is 1. The van der Waals surface area contributed by atoms with E-state index < -0.39 is 22.7 Å². The number of allylic oxidation sites excluding steroid dienone is 1. The predicted octanol–water partition coefficient (Wildman–Crippen LogP) is 3.62. The summed E-state index contributed by atoms with van der Waals surface area (Å²) < 4.78 is 39.9. The lowest BCUT2D eigenvalue weighted by Gasteiger charge is -2.11. The number of nitro benzene ring substituents is 1. The molecule has 1 radical (unpaired) electrons. The van der Waals surface area contributed by atoms with Crippen molar-refractivity contribution in [1.82, 2.24) is 0 Å². The van der Waals surface area contributed by atoms with Crippen LogP contribution in [0.5, 0.6) is 5.75 Å². The van der Waals surface area contributed by atoms with Crippen LogP contribution >= 0.6 is 0 Å². The molecule has 97 valence electrons. The predicted molar refractivity (Wildman–Crippen MR) is 58.0 cm³/mol. The number of rotatable bonds is 4. The minimum Gasteiger partial charge on any atom is -0.406 e. The lowest BCUT2D eigenvalue weighted by molar-refractivity contribution is -0.385. The molecule has 0 aliphatic heterocycles. The third kappa shape index (κ3) is 3.76. The first-order chi connectivity index (χ1) is 8.23. The molecule has 0 saturated carbocycles. The molecule has 0 aliphatic rings. The summed E-state index contributed by atoms with van der Waals surface area (Å²) in [6, 6.07) is 2.94. The van der Waals surface area contributed by atoms with Crippen LogP contribution in [-0.2, 0) is 0 Å². The first-order valence-electron chi connectivity index (χ1n) is 4.74. The Bertz CT molecular complexity index is 471. The van der Waals surface area contributed by atoms with E-state index in [0.29, 0.717) is 12.0 Å². The number of nitro groups is 1. The summed E-state index contributed by atoms with van der Waals surface area (Å²) in [4.78, 5) is 9.83. The molecule has 0 fully saturated rings. The van der Waals surface area contributed by atoms with Gasteiger partial charge in [-0.2, -0.15) is 0 Å². The first-order valence-corrected chi connectivity index (χ1v) is 4.74. The molecular formula is C11H9F3NO3. The van der Waals surface area contributed by atoms with E-state index in [-0.39, 0.29) is 5.56 Å². The summed E-state index contributed by atoms with van der Waals surface area (Å²) in [5.41, 5.74) is -0.230. The molecule has 0 aliphatic carbocycles. The van der Waals surface area contributed by atoms with Crippen LogP contribution in [0.1, 0.15) is 12.5 Å². The van der Waals surface area contributed by atoms with E-state index in [0.717, 1.165) is 12.1 Å². The Morgan fingerprint density at radius 2 is 2.06 bits per heavy atom. The van der Waals surface area contributed by atoms with Gasteiger partial charge in [-0.1, -0.05) is 13.0 Å². The van der Waals surface area contributed by atoms with E-state index >= 15 is 0 Å². The maximum absolute atomic E-state index is 12.1. The van der Waals surface area contributed by atoms with Crippen molar-refractivity contribution in [3.8, 4) is 5.75 Å². The van der Waals surface area contributed by atoms with Gasteiger partial charge in [0.25, 0.3) is 5.69 Å². The van der Waals surface area contributed by atoms with Crippen molar-refractivity contribution >= 4 is 5.69 Å². The fourth-order valence-electron chi connectivity index (χ4n) is 1.23. The van der Waals surface area contributed by atoms with Gasteiger partial charge in [-0.25, -0.2) is 0 Å². The van der Waals surface area contributed by atoms with Crippen LogP contribution in [-0.4, -0.2) is 11.3 Å². The topological polar surface area (TPSA) is 52.4 Å². The Balaban J connectivity index is 3.22. The van der Waals surface area contributed by atoms with Crippen molar-refractivity contribution in [2.24, 2.45) is 0 Å². The van der Waals surface area contributed by atoms with Gasteiger partial charge >= 0.3 is 6.36 Å². The van der Waals surface area contributed by atoms with Crippen LogP contribution in [0.4, 0.5) is 18.9 Å². The number of nitrogens with zero attached hydrogens (tertiary/aromatic N) is 1. The van der Waals surface area contributed by atoms with Gasteiger partial charge in [0.15, 0.2) is 0 Å². The van der Waals surface area contributed by atoms with Gasteiger partial charge in [0.2, 0.25) is 0 Å². The molecule has 0 bridgehead atoms. The van der Waals surface area contributed by atoms with E-state index in [1.807, 2.05) is 0 Å². The minimum absolute atomic E-state index is 0.249. The molecule has 7 heteroatoms. The van der Waals surface area contributed by atoms with Crippen molar-refractivity contribution in [3.63, 3.8) is 0 Å². The molecule has 0 saturated heterocycles. The van der Waals surface area contributed by atoms with Crippen molar-refractivity contribution in [1.29, 1.82) is 0 Å². The minimum atomic E-state index is -4.89. The second-order valence-electron chi connectivity index (χ2n) is 3.41. The highest BCUT2D eigenvalue weighted by atomic mass is 19.4. The highest BCUT2D eigenvalue weighted by molar-refractivity contribution is 5.49. The van der Waals surface area contributed by atoms with Crippen LogP contribution in [0.3, 0.4) is 0 Å². The van der Waals surface area contributed by atoms with Gasteiger partial charge in [-0.05, 0) is 11.6 Å². The van der Waals surface area contributed by atoms with Crippen molar-refractivity contribution in [2.45, 2.75) is 13.3 Å². The van der Waals surface area contributed by atoms with Gasteiger partial charge in [-0.15, -0.1) is 19.8 Å². The summed E-state index contributed by atoms with van der Waals surface area (Å²) in [7, 11) is 0. The second-order valence-corrected chi connectivity index (χ2v) is 3.41. The molecule has 0 amide bonds. The van der Waals surface area contributed by atoms with Crippen LogP contribution in [0.15, 0.2) is 30.9 Å². The maximum Gasteiger partial charge on any atom is 0.573 e. The summed E-state index contributed by atoms with van der Waals surface area (Å²) >= 11 is 0. The molecule has 0 N–H and O–H groups in total. The zero-order valence-electron chi connectivity index (χ0n) is 9.32. The normalized spacial score (nSPS) is 11.4. The molecule has 0 atom stereocenters. The number of hydrogen-bond donors (Lipinski definition) is 0. The first kappa shape index (κ1) is 14.0. The van der Waals surface area contributed by atoms with E-state index in [1.54, 1.807) is 6.92 Å². The average Bonchev–Trinajstić information content (AvgIpc) is 2.25. The average molecular weight is 260 g/mol. The Kier molecular flexibility index (Phi) is 3.95. The molecule has 0 aromatic heterocycles. The molecule has 1 rings (SSSR count). The SMILES string of the molecule is C=C[C](C)c1cc(OC(F)(F)F)cc([N+](=O)[O-])c1. The Morgan fingerprint density at radius 3 is 2.50 bits per heavy atom.